The van der Waals surface area contributed by atoms with E-state index in [1.807, 2.05) is 31.1 Å². The fourth-order valence-corrected chi connectivity index (χ4v) is 2.16. The average molecular weight is 301 g/mol. The highest BCUT2D eigenvalue weighted by molar-refractivity contribution is 5.88. The molecular formula is C17H20FN3O. The van der Waals surface area contributed by atoms with Crippen molar-refractivity contribution in [3.63, 3.8) is 0 Å². The first-order chi connectivity index (χ1) is 10.5. The van der Waals surface area contributed by atoms with E-state index in [0.717, 1.165) is 12.8 Å². The van der Waals surface area contributed by atoms with Crippen molar-refractivity contribution >= 4 is 5.91 Å². The molecule has 0 heterocycles. The molecule has 22 heavy (non-hydrogen) atoms. The Kier molecular flexibility index (Phi) is 5.29. The van der Waals surface area contributed by atoms with E-state index in [0.29, 0.717) is 12.1 Å². The van der Waals surface area contributed by atoms with Crippen molar-refractivity contribution in [2.75, 3.05) is 20.6 Å². The second-order valence-corrected chi connectivity index (χ2v) is 5.78. The lowest BCUT2D eigenvalue weighted by molar-refractivity contribution is -0.127. The molecule has 0 atom stereocenters. The third-order valence-corrected chi connectivity index (χ3v) is 3.52. The van der Waals surface area contributed by atoms with E-state index in [1.165, 1.54) is 6.07 Å². The van der Waals surface area contributed by atoms with E-state index in [9.17, 15) is 9.18 Å². The van der Waals surface area contributed by atoms with Gasteiger partial charge >= 0.3 is 0 Å². The topological polar surface area (TPSA) is 47.3 Å². The number of amides is 1. The number of nitriles is 1. The average Bonchev–Trinajstić information content (AvgIpc) is 3.29. The Bertz CT molecular complexity index is 615. The van der Waals surface area contributed by atoms with Crippen LogP contribution < -0.4 is 0 Å². The quantitative estimate of drug-likeness (QED) is 0.758. The van der Waals surface area contributed by atoms with Crippen LogP contribution in [0, 0.1) is 17.1 Å². The highest BCUT2D eigenvalue weighted by Gasteiger charge is 2.32. The van der Waals surface area contributed by atoms with Crippen molar-refractivity contribution in [2.45, 2.75) is 25.4 Å². The van der Waals surface area contributed by atoms with E-state index in [2.05, 4.69) is 0 Å². The summed E-state index contributed by atoms with van der Waals surface area (Å²) >= 11 is 0. The Labute approximate surface area is 130 Å². The Balaban J connectivity index is 2.08. The van der Waals surface area contributed by atoms with Gasteiger partial charge in [0.1, 0.15) is 5.82 Å². The first-order valence-corrected chi connectivity index (χ1v) is 7.31. The molecule has 0 radical (unpaired) electrons. The Morgan fingerprint density at radius 2 is 2.18 bits per heavy atom. The summed E-state index contributed by atoms with van der Waals surface area (Å²) < 4.78 is 14.0. The maximum Gasteiger partial charge on any atom is 0.246 e. The normalized spacial score (nSPS) is 14.3. The minimum atomic E-state index is -0.435. The molecule has 0 saturated heterocycles. The van der Waals surface area contributed by atoms with Crippen LogP contribution in [-0.2, 0) is 11.3 Å². The van der Waals surface area contributed by atoms with Crippen LogP contribution in [0.4, 0.5) is 4.39 Å². The molecule has 5 heteroatoms. The van der Waals surface area contributed by atoms with Crippen molar-refractivity contribution in [3.05, 3.63) is 47.3 Å². The number of hydrogen-bond donors (Lipinski definition) is 0. The van der Waals surface area contributed by atoms with Gasteiger partial charge in [-0.2, -0.15) is 5.26 Å². The maximum atomic E-state index is 14.0. The monoisotopic (exact) mass is 301 g/mol. The highest BCUT2D eigenvalue weighted by Crippen LogP contribution is 2.29. The van der Waals surface area contributed by atoms with Gasteiger partial charge in [-0.3, -0.25) is 4.79 Å². The number of carbonyl (C=O) groups excluding carboxylic acids is 1. The number of nitrogens with zero attached hydrogens (tertiary/aromatic N) is 3. The van der Waals surface area contributed by atoms with Gasteiger partial charge in [0.15, 0.2) is 0 Å². The molecule has 1 saturated carbocycles. The van der Waals surface area contributed by atoms with Crippen molar-refractivity contribution in [1.82, 2.24) is 9.80 Å². The summed E-state index contributed by atoms with van der Waals surface area (Å²) in [5.41, 5.74) is 0.733. The minimum absolute atomic E-state index is 0.0897. The summed E-state index contributed by atoms with van der Waals surface area (Å²) in [7, 11) is 3.86. The molecule has 1 aromatic carbocycles. The van der Waals surface area contributed by atoms with Crippen LogP contribution in [0.5, 0.6) is 0 Å². The van der Waals surface area contributed by atoms with Gasteiger partial charge < -0.3 is 9.80 Å². The molecule has 116 valence electrons. The number of rotatable bonds is 6. The molecule has 1 fully saturated rings. The highest BCUT2D eigenvalue weighted by atomic mass is 19.1. The maximum absolute atomic E-state index is 14.0. The summed E-state index contributed by atoms with van der Waals surface area (Å²) in [4.78, 5) is 16.0. The third kappa shape index (κ3) is 4.40. The first-order valence-electron chi connectivity index (χ1n) is 7.31. The molecule has 0 aliphatic heterocycles. The van der Waals surface area contributed by atoms with Crippen LogP contribution in [0.3, 0.4) is 0 Å². The molecule has 0 spiro atoms. The molecule has 2 rings (SSSR count). The van der Waals surface area contributed by atoms with Crippen LogP contribution in [0.1, 0.15) is 24.0 Å². The van der Waals surface area contributed by atoms with Crippen molar-refractivity contribution in [3.8, 4) is 6.07 Å². The van der Waals surface area contributed by atoms with Crippen LogP contribution in [0.2, 0.25) is 0 Å². The molecule has 0 bridgehead atoms. The molecule has 0 N–H and O–H groups in total. The van der Waals surface area contributed by atoms with Crippen LogP contribution in [0.25, 0.3) is 0 Å². The summed E-state index contributed by atoms with van der Waals surface area (Å²) in [6.45, 7) is 0.933. The Morgan fingerprint density at radius 3 is 2.73 bits per heavy atom. The number of likely N-dealkylation sites (N-methyl/N-ethyl adjacent to an activating group) is 1. The molecule has 0 unspecified atom stereocenters. The van der Waals surface area contributed by atoms with Gasteiger partial charge in [-0.05, 0) is 39.1 Å². The predicted molar refractivity (Wildman–Crippen MR) is 82.4 cm³/mol. The van der Waals surface area contributed by atoms with Gasteiger partial charge in [-0.15, -0.1) is 0 Å². The molecule has 4 nitrogen and oxygen atoms in total. The third-order valence-electron chi connectivity index (χ3n) is 3.52. The van der Waals surface area contributed by atoms with Crippen molar-refractivity contribution in [1.29, 1.82) is 5.26 Å². The smallest absolute Gasteiger partial charge is 0.246 e. The van der Waals surface area contributed by atoms with Crippen molar-refractivity contribution in [2.24, 2.45) is 0 Å². The number of carbonyl (C=O) groups is 1. The van der Waals surface area contributed by atoms with Gasteiger partial charge in [0.25, 0.3) is 0 Å². The zero-order valence-electron chi connectivity index (χ0n) is 12.9. The summed E-state index contributed by atoms with van der Waals surface area (Å²) in [5.74, 6) is -0.525. The van der Waals surface area contributed by atoms with Crippen LogP contribution >= 0.6 is 0 Å². The van der Waals surface area contributed by atoms with Crippen molar-refractivity contribution < 1.29 is 9.18 Å². The lowest BCUT2D eigenvalue weighted by Crippen LogP contribution is -2.31. The molecular weight excluding hydrogens is 281 g/mol. The summed E-state index contributed by atoms with van der Waals surface area (Å²) in [6, 6.07) is 6.49. The number of benzene rings is 1. The first kappa shape index (κ1) is 16.2. The van der Waals surface area contributed by atoms with Gasteiger partial charge in [-0.25, -0.2) is 4.39 Å². The van der Waals surface area contributed by atoms with E-state index in [4.69, 9.17) is 5.26 Å². The summed E-state index contributed by atoms with van der Waals surface area (Å²) in [5, 5.41) is 8.77. The standard InChI is InChI=1S/C17H20FN3O/c1-20(2)9-3-4-17(22)21(15-7-8-15)12-14-6-5-13(11-19)10-16(14)18/h3-6,10,15H,7-9,12H2,1-2H3/b4-3+. The second-order valence-electron chi connectivity index (χ2n) is 5.78. The number of halogens is 1. The zero-order valence-corrected chi connectivity index (χ0v) is 12.9. The van der Waals surface area contributed by atoms with Crippen LogP contribution in [0.15, 0.2) is 30.4 Å². The predicted octanol–water partition coefficient (Wildman–Crippen LogP) is 2.31. The van der Waals surface area contributed by atoms with E-state index < -0.39 is 5.82 Å². The van der Waals surface area contributed by atoms with E-state index in [1.54, 1.807) is 23.1 Å². The second kappa shape index (κ2) is 7.19. The molecule has 1 aliphatic carbocycles. The van der Waals surface area contributed by atoms with Crippen LogP contribution in [-0.4, -0.2) is 42.4 Å². The SMILES string of the molecule is CN(C)C/C=C/C(=O)N(Cc1ccc(C#N)cc1F)C1CC1. The van der Waals surface area contributed by atoms with Gasteiger partial charge in [0, 0.05) is 30.8 Å². The van der Waals surface area contributed by atoms with Gasteiger partial charge in [-0.1, -0.05) is 12.1 Å². The molecule has 1 amide bonds. The summed E-state index contributed by atoms with van der Waals surface area (Å²) in [6.07, 6.45) is 5.29. The molecule has 0 aromatic heterocycles. The Morgan fingerprint density at radius 1 is 1.45 bits per heavy atom. The largest absolute Gasteiger partial charge is 0.332 e. The van der Waals surface area contributed by atoms with Gasteiger partial charge in [0.05, 0.1) is 11.6 Å². The van der Waals surface area contributed by atoms with E-state index in [-0.39, 0.29) is 24.1 Å². The lowest BCUT2D eigenvalue weighted by Gasteiger charge is -2.21. The van der Waals surface area contributed by atoms with E-state index >= 15 is 0 Å². The fourth-order valence-electron chi connectivity index (χ4n) is 2.16. The number of hydrogen-bond acceptors (Lipinski definition) is 3. The Hall–Kier alpha value is -2.19. The minimum Gasteiger partial charge on any atom is -0.332 e. The fraction of sp³-hybridized carbons (Fsp3) is 0.412. The van der Waals surface area contributed by atoms with Gasteiger partial charge in [0.2, 0.25) is 5.91 Å². The molecule has 1 aliphatic rings. The molecule has 1 aromatic rings. The zero-order chi connectivity index (χ0) is 16.1. The lowest BCUT2D eigenvalue weighted by atomic mass is 10.1.